The monoisotopic (exact) mass is 395 g/mol. The van der Waals surface area contributed by atoms with Crippen molar-refractivity contribution >= 4 is 40.0 Å². The molecular weight excluding hydrogens is 370 g/mol. The molecule has 0 saturated carbocycles. The standard InChI is InChI=1S/C18H25N3O5S/c1-4-19-16(24)10(2)20-14(23)9-26-18(25)15-12-7-5-6-8-13(12)27-17(15)21-11(3)22/h10H,4-9H2,1-3H3,(H,19,24)(H,20,23)(H,21,22)/t10-/m0/s1. The summed E-state index contributed by atoms with van der Waals surface area (Å²) in [4.78, 5) is 48.7. The molecule has 0 radical (unpaired) electrons. The average molecular weight is 395 g/mol. The van der Waals surface area contributed by atoms with E-state index in [9.17, 15) is 19.2 Å². The first kappa shape index (κ1) is 20.9. The lowest BCUT2D eigenvalue weighted by Crippen LogP contribution is -2.46. The molecule has 0 aliphatic heterocycles. The highest BCUT2D eigenvalue weighted by molar-refractivity contribution is 7.17. The lowest BCUT2D eigenvalue weighted by atomic mass is 9.95. The molecule has 2 rings (SSSR count). The molecule has 1 aromatic rings. The Bertz CT molecular complexity index is 744. The summed E-state index contributed by atoms with van der Waals surface area (Å²) < 4.78 is 5.15. The minimum atomic E-state index is -0.722. The highest BCUT2D eigenvalue weighted by Gasteiger charge is 2.27. The Hall–Kier alpha value is -2.42. The number of hydrogen-bond acceptors (Lipinski definition) is 6. The number of fused-ring (bicyclic) bond motifs is 1. The molecule has 0 spiro atoms. The van der Waals surface area contributed by atoms with Crippen molar-refractivity contribution in [3.8, 4) is 0 Å². The molecule has 3 N–H and O–H groups in total. The predicted octanol–water partition coefficient (Wildman–Crippen LogP) is 1.38. The highest BCUT2D eigenvalue weighted by Crippen LogP contribution is 2.38. The summed E-state index contributed by atoms with van der Waals surface area (Å²) in [5, 5.41) is 8.23. The Balaban J connectivity index is 2.03. The smallest absolute Gasteiger partial charge is 0.341 e. The van der Waals surface area contributed by atoms with E-state index in [1.54, 1.807) is 13.8 Å². The second-order valence-electron chi connectivity index (χ2n) is 6.36. The van der Waals surface area contributed by atoms with Gasteiger partial charge in [0.1, 0.15) is 11.0 Å². The van der Waals surface area contributed by atoms with E-state index < -0.39 is 24.5 Å². The van der Waals surface area contributed by atoms with Crippen LogP contribution in [0.3, 0.4) is 0 Å². The number of aryl methyl sites for hydroxylation is 1. The van der Waals surface area contributed by atoms with Gasteiger partial charge in [-0.15, -0.1) is 11.3 Å². The number of esters is 1. The summed E-state index contributed by atoms with van der Waals surface area (Å²) in [5.41, 5.74) is 1.24. The first-order chi connectivity index (χ1) is 12.8. The molecular formula is C18H25N3O5S. The normalized spacial score (nSPS) is 13.9. The largest absolute Gasteiger partial charge is 0.452 e. The van der Waals surface area contributed by atoms with Gasteiger partial charge in [-0.3, -0.25) is 14.4 Å². The first-order valence-electron chi connectivity index (χ1n) is 8.99. The van der Waals surface area contributed by atoms with Gasteiger partial charge in [-0.05, 0) is 45.1 Å². The van der Waals surface area contributed by atoms with Gasteiger partial charge in [0.05, 0.1) is 5.56 Å². The zero-order valence-electron chi connectivity index (χ0n) is 15.8. The van der Waals surface area contributed by atoms with E-state index in [0.29, 0.717) is 17.1 Å². The second-order valence-corrected chi connectivity index (χ2v) is 7.46. The van der Waals surface area contributed by atoms with Crippen LogP contribution in [0.15, 0.2) is 0 Å². The number of likely N-dealkylation sites (N-methyl/N-ethyl adjacent to an activating group) is 1. The van der Waals surface area contributed by atoms with Gasteiger partial charge in [0, 0.05) is 18.3 Å². The van der Waals surface area contributed by atoms with Gasteiger partial charge in [0.15, 0.2) is 6.61 Å². The molecule has 9 heteroatoms. The van der Waals surface area contributed by atoms with Crippen LogP contribution in [0.1, 0.15) is 54.4 Å². The summed E-state index contributed by atoms with van der Waals surface area (Å²) in [6, 6.07) is -0.722. The van der Waals surface area contributed by atoms with Crippen LogP contribution in [0.2, 0.25) is 0 Å². The van der Waals surface area contributed by atoms with Crippen LogP contribution in [-0.4, -0.2) is 42.9 Å². The van der Waals surface area contributed by atoms with Gasteiger partial charge in [-0.1, -0.05) is 0 Å². The fourth-order valence-electron chi connectivity index (χ4n) is 2.91. The molecule has 1 aliphatic carbocycles. The van der Waals surface area contributed by atoms with E-state index in [-0.39, 0.29) is 11.8 Å². The Morgan fingerprint density at radius 1 is 1.19 bits per heavy atom. The minimum absolute atomic E-state index is 0.267. The summed E-state index contributed by atoms with van der Waals surface area (Å²) in [6.07, 6.45) is 3.62. The third-order valence-electron chi connectivity index (χ3n) is 4.12. The summed E-state index contributed by atoms with van der Waals surface area (Å²) in [5.74, 6) is -1.78. The second kappa shape index (κ2) is 9.50. The fraction of sp³-hybridized carbons (Fsp3) is 0.556. The first-order valence-corrected chi connectivity index (χ1v) is 9.81. The molecule has 3 amide bonds. The van der Waals surface area contributed by atoms with Gasteiger partial charge in [0.25, 0.3) is 5.91 Å². The summed E-state index contributed by atoms with van der Waals surface area (Å²) in [7, 11) is 0. The van der Waals surface area contributed by atoms with E-state index >= 15 is 0 Å². The van der Waals surface area contributed by atoms with E-state index in [0.717, 1.165) is 36.1 Å². The number of ether oxygens (including phenoxy) is 1. The molecule has 1 atom stereocenters. The summed E-state index contributed by atoms with van der Waals surface area (Å²) >= 11 is 1.39. The molecule has 148 valence electrons. The Labute approximate surface area is 162 Å². The number of hydrogen-bond donors (Lipinski definition) is 3. The number of thiophene rings is 1. The van der Waals surface area contributed by atoms with Crippen LogP contribution in [0.5, 0.6) is 0 Å². The van der Waals surface area contributed by atoms with Crippen molar-refractivity contribution in [3.05, 3.63) is 16.0 Å². The number of carbonyl (C=O) groups excluding carboxylic acids is 4. The zero-order chi connectivity index (χ0) is 20.0. The number of rotatable bonds is 7. The lowest BCUT2D eigenvalue weighted by Gasteiger charge is -2.14. The molecule has 8 nitrogen and oxygen atoms in total. The van der Waals surface area contributed by atoms with Crippen molar-refractivity contribution < 1.29 is 23.9 Å². The van der Waals surface area contributed by atoms with Crippen molar-refractivity contribution in [2.75, 3.05) is 18.5 Å². The van der Waals surface area contributed by atoms with Gasteiger partial charge < -0.3 is 20.7 Å². The molecule has 1 aromatic heterocycles. The maximum absolute atomic E-state index is 12.6. The van der Waals surface area contributed by atoms with Crippen LogP contribution in [-0.2, 0) is 32.0 Å². The van der Waals surface area contributed by atoms with Crippen molar-refractivity contribution in [2.24, 2.45) is 0 Å². The Morgan fingerprint density at radius 2 is 1.89 bits per heavy atom. The zero-order valence-corrected chi connectivity index (χ0v) is 16.6. The molecule has 0 fully saturated rings. The van der Waals surface area contributed by atoms with Crippen molar-refractivity contribution in [3.63, 3.8) is 0 Å². The van der Waals surface area contributed by atoms with Crippen LogP contribution >= 0.6 is 11.3 Å². The summed E-state index contributed by atoms with van der Waals surface area (Å²) in [6.45, 7) is 4.68. The Morgan fingerprint density at radius 3 is 2.56 bits per heavy atom. The van der Waals surface area contributed by atoms with E-state index in [1.807, 2.05) is 0 Å². The minimum Gasteiger partial charge on any atom is -0.452 e. The van der Waals surface area contributed by atoms with Crippen molar-refractivity contribution in [1.82, 2.24) is 10.6 Å². The van der Waals surface area contributed by atoms with Crippen LogP contribution < -0.4 is 16.0 Å². The molecule has 0 aromatic carbocycles. The van der Waals surface area contributed by atoms with Crippen LogP contribution in [0.25, 0.3) is 0 Å². The quantitative estimate of drug-likeness (QED) is 0.604. The molecule has 1 aliphatic rings. The predicted molar refractivity (Wildman–Crippen MR) is 102 cm³/mol. The highest BCUT2D eigenvalue weighted by atomic mass is 32.1. The van der Waals surface area contributed by atoms with Gasteiger partial charge in [0.2, 0.25) is 11.8 Å². The van der Waals surface area contributed by atoms with E-state index in [1.165, 1.54) is 18.3 Å². The third-order valence-corrected chi connectivity index (χ3v) is 5.33. The van der Waals surface area contributed by atoms with E-state index in [4.69, 9.17) is 4.74 Å². The van der Waals surface area contributed by atoms with Crippen molar-refractivity contribution in [1.29, 1.82) is 0 Å². The molecule has 0 bridgehead atoms. The number of carbonyl (C=O) groups is 4. The van der Waals surface area contributed by atoms with Crippen LogP contribution in [0, 0.1) is 0 Å². The molecule has 1 heterocycles. The molecule has 27 heavy (non-hydrogen) atoms. The number of anilines is 1. The number of amides is 3. The van der Waals surface area contributed by atoms with E-state index in [2.05, 4.69) is 16.0 Å². The van der Waals surface area contributed by atoms with Gasteiger partial charge in [-0.25, -0.2) is 4.79 Å². The van der Waals surface area contributed by atoms with Gasteiger partial charge >= 0.3 is 5.97 Å². The van der Waals surface area contributed by atoms with Crippen molar-refractivity contribution in [2.45, 2.75) is 52.5 Å². The lowest BCUT2D eigenvalue weighted by molar-refractivity contribution is -0.130. The topological polar surface area (TPSA) is 114 Å². The van der Waals surface area contributed by atoms with Crippen LogP contribution in [0.4, 0.5) is 5.00 Å². The SMILES string of the molecule is CCNC(=O)[C@H](C)NC(=O)COC(=O)c1c(NC(C)=O)sc2c1CCCC2. The number of nitrogens with one attached hydrogen (secondary N) is 3. The average Bonchev–Trinajstić information content (AvgIpc) is 2.96. The molecule has 0 saturated heterocycles. The maximum atomic E-state index is 12.6. The fourth-order valence-corrected chi connectivity index (χ4v) is 4.23. The molecule has 0 unspecified atom stereocenters. The third kappa shape index (κ3) is 5.53. The maximum Gasteiger partial charge on any atom is 0.341 e. The Kier molecular flexibility index (Phi) is 7.35. The van der Waals surface area contributed by atoms with Gasteiger partial charge in [-0.2, -0.15) is 0 Å².